The molecular weight excluding hydrogens is 336 g/mol. The first-order valence-corrected chi connectivity index (χ1v) is 7.49. The maximum absolute atomic E-state index is 12.5. The summed E-state index contributed by atoms with van der Waals surface area (Å²) >= 11 is 0. The largest absolute Gasteiger partial charge is 0.388 e. The van der Waals surface area contributed by atoms with Crippen LogP contribution in [0.25, 0.3) is 0 Å². The lowest BCUT2D eigenvalue weighted by Crippen LogP contribution is -2.64. The van der Waals surface area contributed by atoms with Gasteiger partial charge in [0.2, 0.25) is 0 Å². The summed E-state index contributed by atoms with van der Waals surface area (Å²) in [6, 6.07) is 8.25. The third-order valence-corrected chi connectivity index (χ3v) is 3.94. The average molecular weight is 348 g/mol. The van der Waals surface area contributed by atoms with Gasteiger partial charge in [-0.15, -0.1) is 10.5 Å². The summed E-state index contributed by atoms with van der Waals surface area (Å²) in [6.45, 7) is 3.48. The SMILES string of the molecule is Cc1ccc(N2C(=O)N(c3ccc(C)c(OC#N)c3)C2=O)cc1OC#N. The summed E-state index contributed by atoms with van der Waals surface area (Å²) in [5.41, 5.74) is 1.99. The molecule has 0 aromatic heterocycles. The Morgan fingerprint density at radius 1 is 0.769 bits per heavy atom. The number of anilines is 2. The predicted octanol–water partition coefficient (Wildman–Crippen LogP) is 3.59. The Balaban J connectivity index is 1.89. The van der Waals surface area contributed by atoms with Crippen LogP contribution in [0.15, 0.2) is 36.4 Å². The molecule has 0 atom stereocenters. The van der Waals surface area contributed by atoms with Gasteiger partial charge in [0.1, 0.15) is 11.5 Å². The fraction of sp³-hybridized carbons (Fsp3) is 0.111. The van der Waals surface area contributed by atoms with E-state index in [0.717, 1.165) is 9.80 Å². The number of hydrogen-bond acceptors (Lipinski definition) is 6. The van der Waals surface area contributed by atoms with Crippen molar-refractivity contribution in [3.05, 3.63) is 47.5 Å². The van der Waals surface area contributed by atoms with E-state index in [1.807, 2.05) is 0 Å². The van der Waals surface area contributed by atoms with Crippen molar-refractivity contribution in [1.29, 1.82) is 10.5 Å². The van der Waals surface area contributed by atoms with E-state index in [4.69, 9.17) is 20.0 Å². The highest BCUT2D eigenvalue weighted by Crippen LogP contribution is 2.35. The lowest BCUT2D eigenvalue weighted by atomic mass is 10.1. The molecule has 0 spiro atoms. The standard InChI is InChI=1S/C18H12N4O4/c1-11-3-5-13(7-15(11)25-9-19)21-17(23)22(18(21)24)14-6-4-12(2)16(8-14)26-10-20/h3-8H,1-2H3. The van der Waals surface area contributed by atoms with Gasteiger partial charge in [0.25, 0.3) is 12.5 Å². The molecule has 3 rings (SSSR count). The van der Waals surface area contributed by atoms with Crippen molar-refractivity contribution in [1.82, 2.24) is 0 Å². The predicted molar refractivity (Wildman–Crippen MR) is 90.6 cm³/mol. The number of carbonyl (C=O) groups excluding carboxylic acids is 2. The van der Waals surface area contributed by atoms with Gasteiger partial charge in [-0.05, 0) is 37.1 Å². The molecule has 0 saturated carbocycles. The third kappa shape index (κ3) is 2.66. The second-order valence-electron chi connectivity index (χ2n) is 5.52. The highest BCUT2D eigenvalue weighted by atomic mass is 16.5. The first kappa shape index (κ1) is 16.8. The van der Waals surface area contributed by atoms with Crippen molar-refractivity contribution in [2.45, 2.75) is 13.8 Å². The Bertz CT molecular complexity index is 910. The second kappa shape index (κ2) is 6.46. The van der Waals surface area contributed by atoms with Gasteiger partial charge in [-0.25, -0.2) is 19.4 Å². The number of aryl methyl sites for hydroxylation is 2. The molecule has 2 aromatic carbocycles. The van der Waals surface area contributed by atoms with Crippen LogP contribution in [0.1, 0.15) is 11.1 Å². The van der Waals surface area contributed by atoms with E-state index >= 15 is 0 Å². The highest BCUT2D eigenvalue weighted by molar-refractivity contribution is 6.41. The zero-order valence-corrected chi connectivity index (χ0v) is 13.9. The van der Waals surface area contributed by atoms with E-state index in [-0.39, 0.29) is 11.5 Å². The monoisotopic (exact) mass is 348 g/mol. The molecule has 1 saturated heterocycles. The van der Waals surface area contributed by atoms with Gasteiger partial charge in [0.05, 0.1) is 11.4 Å². The Morgan fingerprint density at radius 3 is 1.50 bits per heavy atom. The van der Waals surface area contributed by atoms with Crippen LogP contribution >= 0.6 is 0 Å². The summed E-state index contributed by atoms with van der Waals surface area (Å²) in [5.74, 6) is 0.535. The molecule has 0 unspecified atom stereocenters. The van der Waals surface area contributed by atoms with Crippen LogP contribution in [0.5, 0.6) is 11.5 Å². The Morgan fingerprint density at radius 2 is 1.15 bits per heavy atom. The van der Waals surface area contributed by atoms with Crippen LogP contribution in [-0.2, 0) is 0 Å². The quantitative estimate of drug-likeness (QED) is 0.782. The van der Waals surface area contributed by atoms with Crippen LogP contribution < -0.4 is 19.3 Å². The zero-order valence-electron chi connectivity index (χ0n) is 13.9. The fourth-order valence-electron chi connectivity index (χ4n) is 2.53. The van der Waals surface area contributed by atoms with Crippen molar-refractivity contribution in [2.24, 2.45) is 0 Å². The minimum atomic E-state index is -0.562. The lowest BCUT2D eigenvalue weighted by molar-refractivity contribution is 0.226. The second-order valence-corrected chi connectivity index (χ2v) is 5.52. The molecule has 1 aliphatic heterocycles. The molecule has 8 heteroatoms. The molecule has 8 nitrogen and oxygen atoms in total. The number of nitriles is 2. The number of nitrogens with zero attached hydrogens (tertiary/aromatic N) is 4. The molecule has 0 N–H and O–H groups in total. The molecule has 1 aliphatic rings. The minimum absolute atomic E-state index is 0.268. The number of hydrogen-bond donors (Lipinski definition) is 0. The van der Waals surface area contributed by atoms with Crippen LogP contribution in [0.3, 0.4) is 0 Å². The molecule has 2 aromatic rings. The molecule has 128 valence electrons. The first-order valence-electron chi connectivity index (χ1n) is 7.49. The smallest absolute Gasteiger partial charge is 0.345 e. The third-order valence-electron chi connectivity index (χ3n) is 3.94. The highest BCUT2D eigenvalue weighted by Gasteiger charge is 2.46. The zero-order chi connectivity index (χ0) is 18.8. The maximum Gasteiger partial charge on any atom is 0.345 e. The van der Waals surface area contributed by atoms with Crippen LogP contribution in [-0.4, -0.2) is 12.1 Å². The molecule has 4 amide bonds. The molecule has 1 heterocycles. The Labute approximate surface area is 149 Å². The molecule has 26 heavy (non-hydrogen) atoms. The molecule has 1 fully saturated rings. The van der Waals surface area contributed by atoms with E-state index in [1.165, 1.54) is 12.1 Å². The van der Waals surface area contributed by atoms with Gasteiger partial charge in [-0.3, -0.25) is 0 Å². The maximum atomic E-state index is 12.5. The summed E-state index contributed by atoms with van der Waals surface area (Å²) < 4.78 is 9.66. The number of imide groups is 2. The van der Waals surface area contributed by atoms with Gasteiger partial charge in [-0.2, -0.15) is 0 Å². The van der Waals surface area contributed by atoms with Crippen molar-refractivity contribution < 1.29 is 19.1 Å². The fourth-order valence-corrected chi connectivity index (χ4v) is 2.53. The van der Waals surface area contributed by atoms with E-state index in [2.05, 4.69) is 0 Å². The summed E-state index contributed by atoms with van der Waals surface area (Å²) in [5, 5.41) is 17.3. The van der Waals surface area contributed by atoms with Gasteiger partial charge >= 0.3 is 12.1 Å². The van der Waals surface area contributed by atoms with E-state index in [9.17, 15) is 9.59 Å². The first-order chi connectivity index (χ1) is 12.5. The number of carbonyl (C=O) groups is 2. The Kier molecular flexibility index (Phi) is 4.17. The van der Waals surface area contributed by atoms with Gasteiger partial charge in [0.15, 0.2) is 0 Å². The topological polar surface area (TPSA) is 107 Å². The van der Waals surface area contributed by atoms with Crippen molar-refractivity contribution in [2.75, 3.05) is 9.80 Å². The number of ether oxygens (including phenoxy) is 2. The Hall–Kier alpha value is -4.04. The van der Waals surface area contributed by atoms with Crippen molar-refractivity contribution >= 4 is 23.4 Å². The van der Waals surface area contributed by atoms with E-state index in [1.54, 1.807) is 50.6 Å². The van der Waals surface area contributed by atoms with Crippen molar-refractivity contribution in [3.63, 3.8) is 0 Å². The summed E-state index contributed by atoms with van der Waals surface area (Å²) in [4.78, 5) is 26.9. The van der Waals surface area contributed by atoms with Gasteiger partial charge in [0, 0.05) is 12.1 Å². The van der Waals surface area contributed by atoms with Crippen LogP contribution in [0.4, 0.5) is 21.0 Å². The van der Waals surface area contributed by atoms with Crippen molar-refractivity contribution in [3.8, 4) is 24.0 Å². The molecule has 0 bridgehead atoms. The number of amides is 4. The van der Waals surface area contributed by atoms with Gasteiger partial charge < -0.3 is 9.47 Å². The van der Waals surface area contributed by atoms with E-state index in [0.29, 0.717) is 22.5 Å². The minimum Gasteiger partial charge on any atom is -0.388 e. The number of rotatable bonds is 4. The summed E-state index contributed by atoms with van der Waals surface area (Å²) in [6.07, 6.45) is 3.14. The molecular formula is C18H12N4O4. The summed E-state index contributed by atoms with van der Waals surface area (Å²) in [7, 11) is 0. The van der Waals surface area contributed by atoms with Crippen LogP contribution in [0.2, 0.25) is 0 Å². The number of benzene rings is 2. The molecule has 0 radical (unpaired) electrons. The average Bonchev–Trinajstić information content (AvgIpc) is 2.61. The number of urea groups is 2. The van der Waals surface area contributed by atoms with E-state index < -0.39 is 12.1 Å². The normalized spacial score (nSPS) is 12.9. The van der Waals surface area contributed by atoms with Crippen LogP contribution in [0, 0.1) is 36.9 Å². The molecule has 0 aliphatic carbocycles. The van der Waals surface area contributed by atoms with Gasteiger partial charge in [-0.1, -0.05) is 12.1 Å². The lowest BCUT2D eigenvalue weighted by Gasteiger charge is -2.38.